The van der Waals surface area contributed by atoms with E-state index < -0.39 is 6.10 Å². The van der Waals surface area contributed by atoms with Crippen LogP contribution in [0.1, 0.15) is 30.2 Å². The van der Waals surface area contributed by atoms with Gasteiger partial charge in [0.2, 0.25) is 5.91 Å². The van der Waals surface area contributed by atoms with Crippen molar-refractivity contribution in [2.45, 2.75) is 51.0 Å². The maximum Gasteiger partial charge on any atom is 0.249 e. The molecule has 1 amide bonds. The molecular weight excluding hydrogens is 348 g/mol. The van der Waals surface area contributed by atoms with Crippen molar-refractivity contribution in [1.29, 1.82) is 5.41 Å². The quantitative estimate of drug-likeness (QED) is 0.526. The summed E-state index contributed by atoms with van der Waals surface area (Å²) < 4.78 is 5.64. The molecule has 7 heteroatoms. The highest BCUT2D eigenvalue weighted by molar-refractivity contribution is 7.09. The lowest BCUT2D eigenvalue weighted by atomic mass is 9.99. The van der Waals surface area contributed by atoms with E-state index >= 15 is 0 Å². The Balaban J connectivity index is 1.90. The fourth-order valence-corrected chi connectivity index (χ4v) is 3.03. The molecule has 0 saturated carbocycles. The summed E-state index contributed by atoms with van der Waals surface area (Å²) in [5.74, 6) is -0.140. The average molecular weight is 375 g/mol. The van der Waals surface area contributed by atoms with Crippen LogP contribution in [0.25, 0.3) is 0 Å². The van der Waals surface area contributed by atoms with Crippen molar-refractivity contribution in [3.63, 3.8) is 0 Å². The molecule has 2 aromatic rings. The lowest BCUT2D eigenvalue weighted by Crippen LogP contribution is -2.43. The highest BCUT2D eigenvalue weighted by atomic mass is 32.1. The number of hydrogen-bond acceptors (Lipinski definition) is 6. The summed E-state index contributed by atoms with van der Waals surface area (Å²) in [5.41, 5.74) is 8.72. The normalized spacial score (nSPS) is 14.4. The third kappa shape index (κ3) is 7.03. The highest BCUT2D eigenvalue weighted by Crippen LogP contribution is 2.11. The Morgan fingerprint density at radius 2 is 2.15 bits per heavy atom. The van der Waals surface area contributed by atoms with Crippen molar-refractivity contribution in [1.82, 2.24) is 10.3 Å². The fourth-order valence-electron chi connectivity index (χ4n) is 2.52. The van der Waals surface area contributed by atoms with Crippen LogP contribution in [0.3, 0.4) is 0 Å². The molecule has 6 nitrogen and oxygen atoms in total. The summed E-state index contributed by atoms with van der Waals surface area (Å²) in [6, 6.07) is 9.68. The number of benzene rings is 1. The number of nitrogens with two attached hydrogens (primary N) is 1. The summed E-state index contributed by atoms with van der Waals surface area (Å²) in [5, 5.41) is 10.3. The Hall–Kier alpha value is -2.09. The third-order valence-electron chi connectivity index (χ3n) is 4.06. The zero-order chi connectivity index (χ0) is 18.8. The van der Waals surface area contributed by atoms with Crippen LogP contribution in [0.2, 0.25) is 0 Å². The number of nitrogens with zero attached hydrogens (tertiary/aromatic N) is 1. The van der Waals surface area contributed by atoms with Crippen molar-refractivity contribution in [2.75, 3.05) is 0 Å². The molecule has 26 heavy (non-hydrogen) atoms. The second kappa shape index (κ2) is 10.8. The summed E-state index contributed by atoms with van der Waals surface area (Å²) in [4.78, 5) is 17.5. The maximum atomic E-state index is 12.5. The molecule has 4 N–H and O–H groups in total. The number of carbonyl (C=O) groups excluding carboxylic acids is 1. The monoisotopic (exact) mass is 374 g/mol. The van der Waals surface area contributed by atoms with Gasteiger partial charge in [-0.25, -0.2) is 0 Å². The van der Waals surface area contributed by atoms with Crippen LogP contribution in [0.4, 0.5) is 0 Å². The van der Waals surface area contributed by atoms with E-state index in [0.29, 0.717) is 19.4 Å². The van der Waals surface area contributed by atoms with Crippen LogP contribution < -0.4 is 11.1 Å². The van der Waals surface area contributed by atoms with Crippen LogP contribution in [0.15, 0.2) is 42.0 Å². The minimum absolute atomic E-state index is 0.0506. The predicted octanol–water partition coefficient (Wildman–Crippen LogP) is 2.53. The first-order valence-corrected chi connectivity index (χ1v) is 9.56. The van der Waals surface area contributed by atoms with Crippen molar-refractivity contribution < 1.29 is 9.53 Å². The molecule has 0 spiro atoms. The molecule has 0 aliphatic carbocycles. The molecule has 140 valence electrons. The van der Waals surface area contributed by atoms with Gasteiger partial charge in [0.1, 0.15) is 6.10 Å². The number of hydrogen-bond donors (Lipinski definition) is 3. The van der Waals surface area contributed by atoms with Crippen molar-refractivity contribution in [3.05, 3.63) is 52.5 Å². The van der Waals surface area contributed by atoms with E-state index in [-0.39, 0.29) is 18.0 Å². The van der Waals surface area contributed by atoms with Gasteiger partial charge in [-0.2, -0.15) is 0 Å². The topological polar surface area (TPSA) is 101 Å². The molecule has 0 bridgehead atoms. The van der Waals surface area contributed by atoms with E-state index in [2.05, 4.69) is 10.3 Å². The van der Waals surface area contributed by atoms with Gasteiger partial charge in [-0.05, 0) is 31.7 Å². The lowest BCUT2D eigenvalue weighted by molar-refractivity contribution is -0.133. The van der Waals surface area contributed by atoms with Crippen LogP contribution >= 0.6 is 11.3 Å². The average Bonchev–Trinajstić information content (AvgIpc) is 3.18. The second-order valence-corrected chi connectivity index (χ2v) is 7.19. The number of rotatable bonds is 11. The van der Waals surface area contributed by atoms with Gasteiger partial charge in [-0.1, -0.05) is 30.3 Å². The number of nitrogens with one attached hydrogen (secondary N) is 2. The maximum absolute atomic E-state index is 12.5. The Labute approximate surface area is 158 Å². The number of thiazole rings is 1. The molecule has 1 heterocycles. The van der Waals surface area contributed by atoms with Crippen LogP contribution in [0, 0.1) is 5.41 Å². The molecule has 0 aliphatic heterocycles. The second-order valence-electron chi connectivity index (χ2n) is 6.22. The minimum atomic E-state index is -0.549. The Morgan fingerprint density at radius 1 is 1.38 bits per heavy atom. The van der Waals surface area contributed by atoms with Crippen molar-refractivity contribution in [2.24, 2.45) is 5.73 Å². The number of amides is 1. The summed E-state index contributed by atoms with van der Waals surface area (Å²) >= 11 is 1.50. The molecule has 0 fully saturated rings. The molecule has 0 saturated heterocycles. The Morgan fingerprint density at radius 3 is 2.81 bits per heavy atom. The van der Waals surface area contributed by atoms with E-state index in [1.54, 1.807) is 18.6 Å². The molecule has 2 rings (SSSR count). The Kier molecular flexibility index (Phi) is 8.40. The van der Waals surface area contributed by atoms with Crippen molar-refractivity contribution in [3.8, 4) is 0 Å². The SMILES string of the molecule is C[C@@H](OCc1cncs1)C(=O)NC(CC[C@H](N)C=N)Cc1ccccc1. The van der Waals surface area contributed by atoms with Gasteiger partial charge in [0.15, 0.2) is 0 Å². The van der Waals surface area contributed by atoms with Gasteiger partial charge in [0.05, 0.1) is 17.0 Å². The van der Waals surface area contributed by atoms with E-state index in [0.717, 1.165) is 16.9 Å². The molecule has 3 atom stereocenters. The van der Waals surface area contributed by atoms with E-state index in [1.165, 1.54) is 17.6 Å². The van der Waals surface area contributed by atoms with Gasteiger partial charge in [0.25, 0.3) is 0 Å². The first-order valence-electron chi connectivity index (χ1n) is 8.68. The van der Waals surface area contributed by atoms with E-state index in [4.69, 9.17) is 15.9 Å². The van der Waals surface area contributed by atoms with Gasteiger partial charge in [-0.3, -0.25) is 9.78 Å². The van der Waals surface area contributed by atoms with Gasteiger partial charge >= 0.3 is 0 Å². The Bertz CT molecular complexity index is 663. The zero-order valence-electron chi connectivity index (χ0n) is 14.9. The minimum Gasteiger partial charge on any atom is -0.363 e. The molecule has 1 aromatic carbocycles. The third-order valence-corrected chi connectivity index (χ3v) is 4.82. The molecular formula is C19H26N4O2S. The number of ether oxygens (including phenoxy) is 1. The largest absolute Gasteiger partial charge is 0.363 e. The number of carbonyl (C=O) groups is 1. The van der Waals surface area contributed by atoms with Crippen LogP contribution in [0.5, 0.6) is 0 Å². The molecule has 0 radical (unpaired) electrons. The van der Waals surface area contributed by atoms with Gasteiger partial charge < -0.3 is 21.2 Å². The van der Waals surface area contributed by atoms with Crippen LogP contribution in [-0.4, -0.2) is 35.3 Å². The first kappa shape index (κ1) is 20.2. The van der Waals surface area contributed by atoms with E-state index in [9.17, 15) is 4.79 Å². The zero-order valence-corrected chi connectivity index (χ0v) is 15.7. The lowest BCUT2D eigenvalue weighted by Gasteiger charge is -2.22. The molecule has 1 aromatic heterocycles. The van der Waals surface area contributed by atoms with Gasteiger partial charge in [0, 0.05) is 24.5 Å². The van der Waals surface area contributed by atoms with E-state index in [1.807, 2.05) is 30.3 Å². The predicted molar refractivity (Wildman–Crippen MR) is 104 cm³/mol. The molecule has 1 unspecified atom stereocenters. The number of aromatic nitrogens is 1. The van der Waals surface area contributed by atoms with Crippen molar-refractivity contribution >= 4 is 23.5 Å². The first-order chi connectivity index (χ1) is 12.6. The summed E-state index contributed by atoms with van der Waals surface area (Å²) in [6.45, 7) is 2.13. The standard InChI is InChI=1S/C19H26N4O2S/c1-14(25-12-18-11-22-13-26-18)19(24)23-17(8-7-16(21)10-20)9-15-5-3-2-4-6-15/h2-6,10-11,13-14,16-17,20H,7-9,12,21H2,1H3,(H,23,24)/t14-,16+,17?/m1/s1. The molecule has 0 aliphatic rings. The smallest absolute Gasteiger partial charge is 0.249 e. The summed E-state index contributed by atoms with van der Waals surface area (Å²) in [7, 11) is 0. The summed E-state index contributed by atoms with van der Waals surface area (Å²) in [6.07, 6.45) is 4.51. The van der Waals surface area contributed by atoms with Crippen LogP contribution in [-0.2, 0) is 22.6 Å². The fraction of sp³-hybridized carbons (Fsp3) is 0.421. The highest BCUT2D eigenvalue weighted by Gasteiger charge is 2.19. The van der Waals surface area contributed by atoms with Gasteiger partial charge in [-0.15, -0.1) is 11.3 Å².